The summed E-state index contributed by atoms with van der Waals surface area (Å²) in [5, 5.41) is 6.86. The molecule has 0 saturated carbocycles. The maximum Gasteiger partial charge on any atom is 0.261 e. The maximum absolute atomic E-state index is 12.5. The van der Waals surface area contributed by atoms with Gasteiger partial charge in [0.15, 0.2) is 0 Å². The molecule has 0 aliphatic rings. The van der Waals surface area contributed by atoms with E-state index >= 15 is 0 Å². The molecule has 1 heterocycles. The zero-order valence-electron chi connectivity index (χ0n) is 13.7. The molecule has 3 rings (SSSR count). The summed E-state index contributed by atoms with van der Waals surface area (Å²) >= 11 is 0. The number of rotatable bonds is 6. The molecule has 0 spiro atoms. The number of carbonyl (C=O) groups excluding carboxylic acids is 1. The summed E-state index contributed by atoms with van der Waals surface area (Å²) in [6.45, 7) is 2.18. The van der Waals surface area contributed by atoms with Gasteiger partial charge in [0.1, 0.15) is 17.5 Å². The SMILES string of the molecule is CCCCc1ccc(NC(=O)c2conc2-c2ccccc2)cc1. The minimum Gasteiger partial charge on any atom is -0.363 e. The van der Waals surface area contributed by atoms with Gasteiger partial charge in [0.25, 0.3) is 5.91 Å². The summed E-state index contributed by atoms with van der Waals surface area (Å²) in [6, 6.07) is 17.5. The van der Waals surface area contributed by atoms with Crippen LogP contribution in [-0.2, 0) is 6.42 Å². The van der Waals surface area contributed by atoms with E-state index in [1.165, 1.54) is 24.7 Å². The van der Waals surface area contributed by atoms with Gasteiger partial charge in [-0.3, -0.25) is 4.79 Å². The van der Waals surface area contributed by atoms with Crippen LogP contribution in [0.2, 0.25) is 0 Å². The lowest BCUT2D eigenvalue weighted by Crippen LogP contribution is -2.12. The van der Waals surface area contributed by atoms with Crippen LogP contribution in [0.4, 0.5) is 5.69 Å². The van der Waals surface area contributed by atoms with Crippen molar-refractivity contribution in [2.45, 2.75) is 26.2 Å². The van der Waals surface area contributed by atoms with Crippen molar-refractivity contribution in [3.63, 3.8) is 0 Å². The smallest absolute Gasteiger partial charge is 0.261 e. The minimum atomic E-state index is -0.226. The normalized spacial score (nSPS) is 10.5. The number of hydrogen-bond acceptors (Lipinski definition) is 3. The van der Waals surface area contributed by atoms with Crippen LogP contribution >= 0.6 is 0 Å². The predicted molar refractivity (Wildman–Crippen MR) is 94.9 cm³/mol. The van der Waals surface area contributed by atoms with Crippen LogP contribution in [0.5, 0.6) is 0 Å². The third-order valence-corrected chi connectivity index (χ3v) is 3.89. The van der Waals surface area contributed by atoms with Gasteiger partial charge in [-0.15, -0.1) is 0 Å². The van der Waals surface area contributed by atoms with Crippen molar-refractivity contribution in [3.05, 3.63) is 72.0 Å². The molecule has 122 valence electrons. The van der Waals surface area contributed by atoms with Gasteiger partial charge in [0, 0.05) is 11.3 Å². The lowest BCUT2D eigenvalue weighted by Gasteiger charge is -2.06. The number of hydrogen-bond donors (Lipinski definition) is 1. The summed E-state index contributed by atoms with van der Waals surface area (Å²) in [4.78, 5) is 12.5. The number of anilines is 1. The van der Waals surface area contributed by atoms with Crippen molar-refractivity contribution in [3.8, 4) is 11.3 Å². The van der Waals surface area contributed by atoms with E-state index in [-0.39, 0.29) is 5.91 Å². The summed E-state index contributed by atoms with van der Waals surface area (Å²) in [6.07, 6.45) is 4.79. The second kappa shape index (κ2) is 7.59. The highest BCUT2D eigenvalue weighted by molar-refractivity contribution is 6.07. The Labute approximate surface area is 141 Å². The Morgan fingerprint density at radius 1 is 1.08 bits per heavy atom. The zero-order valence-corrected chi connectivity index (χ0v) is 13.7. The van der Waals surface area contributed by atoms with Crippen molar-refractivity contribution in [1.82, 2.24) is 5.16 Å². The third kappa shape index (κ3) is 3.71. The van der Waals surface area contributed by atoms with E-state index in [4.69, 9.17) is 4.52 Å². The van der Waals surface area contributed by atoms with E-state index < -0.39 is 0 Å². The molecule has 0 fully saturated rings. The highest BCUT2D eigenvalue weighted by atomic mass is 16.5. The topological polar surface area (TPSA) is 55.1 Å². The monoisotopic (exact) mass is 320 g/mol. The summed E-state index contributed by atoms with van der Waals surface area (Å²) in [7, 11) is 0. The maximum atomic E-state index is 12.5. The van der Waals surface area contributed by atoms with Gasteiger partial charge in [-0.05, 0) is 30.5 Å². The van der Waals surface area contributed by atoms with Crippen LogP contribution in [0.3, 0.4) is 0 Å². The quantitative estimate of drug-likeness (QED) is 0.700. The lowest BCUT2D eigenvalue weighted by atomic mass is 10.1. The van der Waals surface area contributed by atoms with E-state index in [1.54, 1.807) is 0 Å². The van der Waals surface area contributed by atoms with E-state index in [0.717, 1.165) is 17.7 Å². The van der Waals surface area contributed by atoms with E-state index in [2.05, 4.69) is 29.5 Å². The highest BCUT2D eigenvalue weighted by Gasteiger charge is 2.17. The number of benzene rings is 2. The molecule has 0 unspecified atom stereocenters. The average Bonchev–Trinajstić information content (AvgIpc) is 3.12. The largest absolute Gasteiger partial charge is 0.363 e. The molecule has 1 amide bonds. The molecule has 1 aromatic heterocycles. The lowest BCUT2D eigenvalue weighted by molar-refractivity contribution is 0.102. The van der Waals surface area contributed by atoms with Gasteiger partial charge in [-0.1, -0.05) is 61.0 Å². The average molecular weight is 320 g/mol. The Hall–Kier alpha value is -2.88. The fourth-order valence-corrected chi connectivity index (χ4v) is 2.54. The highest BCUT2D eigenvalue weighted by Crippen LogP contribution is 2.23. The molecule has 24 heavy (non-hydrogen) atoms. The van der Waals surface area contributed by atoms with Crippen LogP contribution in [0.1, 0.15) is 35.7 Å². The Morgan fingerprint density at radius 3 is 2.54 bits per heavy atom. The molecule has 4 heteroatoms. The van der Waals surface area contributed by atoms with Crippen molar-refractivity contribution in [1.29, 1.82) is 0 Å². The molecule has 4 nitrogen and oxygen atoms in total. The van der Waals surface area contributed by atoms with E-state index in [1.807, 2.05) is 42.5 Å². The van der Waals surface area contributed by atoms with E-state index in [9.17, 15) is 4.79 Å². The Morgan fingerprint density at radius 2 is 1.83 bits per heavy atom. The standard InChI is InChI=1S/C20H20N2O2/c1-2-3-7-15-10-12-17(13-11-15)21-20(23)18-14-24-22-19(18)16-8-5-4-6-9-16/h4-6,8-14H,2-3,7H2,1H3,(H,21,23). The predicted octanol–water partition coefficient (Wildman–Crippen LogP) is 4.94. The molecule has 2 aromatic carbocycles. The van der Waals surface area contributed by atoms with Crippen molar-refractivity contribution >= 4 is 11.6 Å². The first-order valence-corrected chi connectivity index (χ1v) is 8.18. The van der Waals surface area contributed by atoms with Gasteiger partial charge in [-0.2, -0.15) is 0 Å². The second-order valence-corrected chi connectivity index (χ2v) is 5.70. The summed E-state index contributed by atoms with van der Waals surface area (Å²) < 4.78 is 5.01. The van der Waals surface area contributed by atoms with Crippen LogP contribution in [0, 0.1) is 0 Å². The zero-order chi connectivity index (χ0) is 16.8. The molecule has 0 aliphatic carbocycles. The fourth-order valence-electron chi connectivity index (χ4n) is 2.54. The summed E-state index contributed by atoms with van der Waals surface area (Å²) in [5.74, 6) is -0.226. The molecule has 0 saturated heterocycles. The third-order valence-electron chi connectivity index (χ3n) is 3.89. The number of amides is 1. The number of aromatic nitrogens is 1. The first-order chi connectivity index (χ1) is 11.8. The van der Waals surface area contributed by atoms with Gasteiger partial charge in [0.2, 0.25) is 0 Å². The number of unbranched alkanes of at least 4 members (excludes halogenated alkanes) is 1. The second-order valence-electron chi connectivity index (χ2n) is 5.70. The molecule has 0 bridgehead atoms. The van der Waals surface area contributed by atoms with Crippen LogP contribution in [-0.4, -0.2) is 11.1 Å². The Bertz CT molecular complexity index is 792. The molecular formula is C20H20N2O2. The molecule has 0 aliphatic heterocycles. The number of aryl methyl sites for hydroxylation is 1. The van der Waals surface area contributed by atoms with Crippen LogP contribution < -0.4 is 5.32 Å². The first-order valence-electron chi connectivity index (χ1n) is 8.18. The molecule has 1 N–H and O–H groups in total. The number of carbonyl (C=O) groups is 1. The Kier molecular flexibility index (Phi) is 5.06. The van der Waals surface area contributed by atoms with Crippen molar-refractivity contribution < 1.29 is 9.32 Å². The number of nitrogens with zero attached hydrogens (tertiary/aromatic N) is 1. The number of nitrogens with one attached hydrogen (secondary N) is 1. The molecule has 0 atom stereocenters. The first kappa shape index (κ1) is 16.0. The van der Waals surface area contributed by atoms with Crippen molar-refractivity contribution in [2.24, 2.45) is 0 Å². The van der Waals surface area contributed by atoms with E-state index in [0.29, 0.717) is 11.3 Å². The van der Waals surface area contributed by atoms with Crippen LogP contribution in [0.15, 0.2) is 65.4 Å². The fraction of sp³-hybridized carbons (Fsp3) is 0.200. The van der Waals surface area contributed by atoms with Crippen molar-refractivity contribution in [2.75, 3.05) is 5.32 Å². The molecular weight excluding hydrogens is 300 g/mol. The summed E-state index contributed by atoms with van der Waals surface area (Å²) in [5.41, 5.74) is 3.88. The van der Waals surface area contributed by atoms with Gasteiger partial charge in [-0.25, -0.2) is 0 Å². The molecule has 0 radical (unpaired) electrons. The van der Waals surface area contributed by atoms with Gasteiger partial charge < -0.3 is 9.84 Å². The Balaban J connectivity index is 1.73. The van der Waals surface area contributed by atoms with Crippen LogP contribution in [0.25, 0.3) is 11.3 Å². The van der Waals surface area contributed by atoms with Gasteiger partial charge >= 0.3 is 0 Å². The molecule has 3 aromatic rings. The van der Waals surface area contributed by atoms with Gasteiger partial charge in [0.05, 0.1) is 0 Å². The minimum absolute atomic E-state index is 0.226.